The largest absolute Gasteiger partial charge is 0.756 e. The van der Waals surface area contributed by atoms with Crippen molar-refractivity contribution in [3.05, 3.63) is 50.6 Å². The highest BCUT2D eigenvalue weighted by Crippen LogP contribution is 2.38. The number of hydrogen-bond acceptors (Lipinski definition) is 8. The predicted octanol–water partition coefficient (Wildman–Crippen LogP) is 13.0. The molecule has 0 N–H and O–H groups in total. The van der Waals surface area contributed by atoms with Gasteiger partial charge in [0.1, 0.15) is 19.8 Å². The predicted molar refractivity (Wildman–Crippen MR) is 240 cm³/mol. The molecule has 0 saturated carbocycles. The first-order valence-electron chi connectivity index (χ1n) is 21.7. The van der Waals surface area contributed by atoms with E-state index in [0.717, 1.165) is 19.3 Å². The van der Waals surface area contributed by atoms with Gasteiger partial charge in [-0.15, -0.1) is 26.3 Å². The molecule has 334 valence electrons. The number of carbonyl (C=O) groups excluding carboxylic acids is 2. The quantitative estimate of drug-likeness (QED) is 0.0217. The van der Waals surface area contributed by atoms with E-state index in [4.69, 9.17) is 18.5 Å². The van der Waals surface area contributed by atoms with Gasteiger partial charge in [0.2, 0.25) is 0 Å². The van der Waals surface area contributed by atoms with Crippen molar-refractivity contribution >= 4 is 19.8 Å². The average Bonchev–Trinajstić information content (AvgIpc) is 3.12. The fraction of sp³-hybridized carbons (Fsp3) is 0.783. The van der Waals surface area contributed by atoms with Crippen LogP contribution in [0.3, 0.4) is 0 Å². The second-order valence-electron chi connectivity index (χ2n) is 14.8. The summed E-state index contributed by atoms with van der Waals surface area (Å²) >= 11 is 0. The van der Waals surface area contributed by atoms with Crippen LogP contribution in [0.2, 0.25) is 0 Å². The average molecular weight is 818 g/mol. The normalized spacial score (nSPS) is 11.8. The van der Waals surface area contributed by atoms with Gasteiger partial charge in [0.25, 0.3) is 7.82 Å². The second kappa shape index (κ2) is 51.0. The molecule has 10 heteroatoms. The summed E-state index contributed by atoms with van der Waals surface area (Å²) in [6, 6.07) is 0. The van der Waals surface area contributed by atoms with Gasteiger partial charge in [-0.25, -0.2) is 0 Å². The van der Waals surface area contributed by atoms with Gasteiger partial charge in [-0.05, 0) is 40.0 Å². The molecular weight excluding hydrogens is 725 g/mol. The molecule has 0 aliphatic rings. The number of allylic oxidation sites excluding steroid dienone is 4. The van der Waals surface area contributed by atoms with Crippen LogP contribution >= 0.6 is 7.82 Å². The number of esters is 2. The zero-order valence-corrected chi connectivity index (χ0v) is 39.2. The van der Waals surface area contributed by atoms with Crippen LogP contribution in [0, 0.1) is 0 Å². The molecule has 0 heterocycles. The Labute approximate surface area is 348 Å². The highest BCUT2D eigenvalue weighted by atomic mass is 31.2. The Kier molecular flexibility index (Phi) is 57.5. The standard InChI is InChI=1S/C32H62NO8P.C5H12.3C3H6/c1-6-8-10-11-12-13-14-15-16-17-18-19-20-21-23-24-31(34)38-28-30(41-32(35)25-22-9-7-2)29-40-42(36,37)39-27-26-33(3,4)5;1-3-5-4-2;3*1-3-2/h7,30H,2,6,8-29H2,1,3-5H3;3-5H2,1-2H3;3*3H,1H2,2H3/t30-;;;;/m1..../s1. The van der Waals surface area contributed by atoms with Gasteiger partial charge in [0.15, 0.2) is 6.10 Å². The highest BCUT2D eigenvalue weighted by molar-refractivity contribution is 7.45. The van der Waals surface area contributed by atoms with Gasteiger partial charge in [0, 0.05) is 12.8 Å². The lowest BCUT2D eigenvalue weighted by Crippen LogP contribution is -2.37. The molecule has 0 amide bonds. The monoisotopic (exact) mass is 818 g/mol. The zero-order chi connectivity index (χ0) is 43.8. The number of phosphoric ester groups is 1. The lowest BCUT2D eigenvalue weighted by Gasteiger charge is -2.28. The summed E-state index contributed by atoms with van der Waals surface area (Å²) < 4.78 is 33.1. The van der Waals surface area contributed by atoms with E-state index in [1.54, 1.807) is 24.3 Å². The zero-order valence-electron chi connectivity index (χ0n) is 38.3. The molecule has 0 saturated heterocycles. The van der Waals surface area contributed by atoms with Gasteiger partial charge in [-0.1, -0.05) is 154 Å². The number of nitrogens with zero attached hydrogens (tertiary/aromatic N) is 1. The van der Waals surface area contributed by atoms with Crippen molar-refractivity contribution in [2.75, 3.05) is 47.5 Å². The molecule has 9 nitrogen and oxygen atoms in total. The smallest absolute Gasteiger partial charge is 0.306 e. The van der Waals surface area contributed by atoms with Crippen molar-refractivity contribution in [2.24, 2.45) is 0 Å². The van der Waals surface area contributed by atoms with E-state index in [2.05, 4.69) is 47.1 Å². The van der Waals surface area contributed by atoms with Crippen LogP contribution in [0.1, 0.15) is 183 Å². The summed E-state index contributed by atoms with van der Waals surface area (Å²) in [7, 11) is 1.14. The number of ether oxygens (including phenoxy) is 2. The van der Waals surface area contributed by atoms with Crippen LogP contribution in [0.25, 0.3) is 0 Å². The fourth-order valence-electron chi connectivity index (χ4n) is 4.64. The van der Waals surface area contributed by atoms with Gasteiger partial charge < -0.3 is 27.9 Å². The number of quaternary nitrogens is 1. The van der Waals surface area contributed by atoms with Crippen molar-refractivity contribution in [3.8, 4) is 0 Å². The molecule has 0 aromatic heterocycles. The topological polar surface area (TPSA) is 111 Å². The molecule has 2 atom stereocenters. The molecule has 0 aromatic rings. The van der Waals surface area contributed by atoms with Crippen molar-refractivity contribution in [1.29, 1.82) is 0 Å². The van der Waals surface area contributed by atoms with Gasteiger partial charge in [-0.2, -0.15) is 0 Å². The van der Waals surface area contributed by atoms with E-state index in [0.29, 0.717) is 23.9 Å². The third-order valence-electron chi connectivity index (χ3n) is 7.64. The maximum atomic E-state index is 12.3. The minimum absolute atomic E-state index is 0.0372. The summed E-state index contributed by atoms with van der Waals surface area (Å²) in [4.78, 5) is 36.6. The summed E-state index contributed by atoms with van der Waals surface area (Å²) in [5.74, 6) is -0.919. The van der Waals surface area contributed by atoms with Crippen LogP contribution < -0.4 is 4.89 Å². The van der Waals surface area contributed by atoms with E-state index in [-0.39, 0.29) is 26.1 Å². The Morgan fingerprint density at radius 1 is 0.607 bits per heavy atom. The first kappa shape index (κ1) is 63.1. The second-order valence-corrected chi connectivity index (χ2v) is 16.3. The number of unbranched alkanes of at least 4 members (excludes halogenated alkanes) is 17. The number of carbonyl (C=O) groups is 2. The molecule has 0 aliphatic carbocycles. The van der Waals surface area contributed by atoms with E-state index in [1.165, 1.54) is 96.3 Å². The Morgan fingerprint density at radius 2 is 1.00 bits per heavy atom. The van der Waals surface area contributed by atoms with Crippen LogP contribution in [0.5, 0.6) is 0 Å². The molecule has 0 radical (unpaired) electrons. The lowest BCUT2D eigenvalue weighted by atomic mass is 10.0. The molecular formula is C46H92NO8P. The first-order valence-corrected chi connectivity index (χ1v) is 23.2. The third-order valence-corrected chi connectivity index (χ3v) is 8.60. The van der Waals surface area contributed by atoms with Gasteiger partial charge in [0.05, 0.1) is 27.7 Å². The summed E-state index contributed by atoms with van der Waals surface area (Å²) in [6.07, 6.45) is 30.3. The van der Waals surface area contributed by atoms with E-state index in [1.807, 2.05) is 41.9 Å². The summed E-state index contributed by atoms with van der Waals surface area (Å²) in [5.41, 5.74) is 0. The van der Waals surface area contributed by atoms with E-state index < -0.39 is 32.5 Å². The van der Waals surface area contributed by atoms with Crippen LogP contribution in [0.4, 0.5) is 0 Å². The Morgan fingerprint density at radius 3 is 1.38 bits per heavy atom. The third kappa shape index (κ3) is 66.8. The molecule has 56 heavy (non-hydrogen) atoms. The molecule has 1 unspecified atom stereocenters. The maximum absolute atomic E-state index is 12.3. The van der Waals surface area contributed by atoms with Gasteiger partial charge in [-0.3, -0.25) is 14.2 Å². The minimum atomic E-state index is -4.60. The summed E-state index contributed by atoms with van der Waals surface area (Å²) in [5, 5.41) is 0. The molecule has 0 aliphatic heterocycles. The van der Waals surface area contributed by atoms with E-state index >= 15 is 0 Å². The minimum Gasteiger partial charge on any atom is -0.756 e. The highest BCUT2D eigenvalue weighted by Gasteiger charge is 2.21. The summed E-state index contributed by atoms with van der Waals surface area (Å²) in [6.45, 7) is 25.7. The first-order chi connectivity index (χ1) is 26.6. The molecule has 0 fully saturated rings. The van der Waals surface area contributed by atoms with Crippen LogP contribution in [-0.2, 0) is 32.7 Å². The SMILES string of the molecule is C=CC.C=CC.C=CC.C=CCCCC(=O)O[C@H](COC(=O)CCCCCCCCCCCCCCCCC)COP(=O)([O-])OCC[N+](C)(C)C.CCCCC. The molecule has 0 rings (SSSR count). The van der Waals surface area contributed by atoms with Crippen LogP contribution in [0.15, 0.2) is 50.6 Å². The molecule has 0 bridgehead atoms. The van der Waals surface area contributed by atoms with Gasteiger partial charge >= 0.3 is 11.9 Å². The molecule has 0 spiro atoms. The van der Waals surface area contributed by atoms with E-state index in [9.17, 15) is 19.0 Å². The number of rotatable bonds is 32. The Hall–Kier alpha value is -2.03. The number of phosphoric acid groups is 1. The fourth-order valence-corrected chi connectivity index (χ4v) is 5.37. The Bertz CT molecular complexity index is 903. The number of hydrogen-bond donors (Lipinski definition) is 0. The van der Waals surface area contributed by atoms with Crippen LogP contribution in [-0.4, -0.2) is 70.0 Å². The molecule has 0 aromatic carbocycles. The van der Waals surface area contributed by atoms with Crippen molar-refractivity contribution in [2.45, 2.75) is 189 Å². The maximum Gasteiger partial charge on any atom is 0.306 e. The lowest BCUT2D eigenvalue weighted by molar-refractivity contribution is -0.870. The number of likely N-dealkylation sites (N-methyl/N-ethyl adjacent to an activating group) is 1. The Balaban J connectivity index is -0.000000530. The van der Waals surface area contributed by atoms with Crippen molar-refractivity contribution in [1.82, 2.24) is 0 Å². The van der Waals surface area contributed by atoms with Crippen molar-refractivity contribution in [3.63, 3.8) is 0 Å². The van der Waals surface area contributed by atoms with Crippen molar-refractivity contribution < 1.29 is 42.1 Å².